The fourth-order valence-electron chi connectivity index (χ4n) is 3.63. The number of phenolic OH excluding ortho intramolecular Hbond substituents is 2. The largest absolute Gasteiger partial charge is 0.507 e. The molecule has 2 heterocycles. The second-order valence-electron chi connectivity index (χ2n) is 7.66. The summed E-state index contributed by atoms with van der Waals surface area (Å²) in [7, 11) is 1.30. The predicted molar refractivity (Wildman–Crippen MR) is 114 cm³/mol. The number of ether oxygens (including phenoxy) is 3. The molecule has 0 spiro atoms. The maximum atomic E-state index is 12.7. The maximum Gasteiger partial charge on any atom is 0.335 e. The zero-order valence-electron chi connectivity index (χ0n) is 17.9. The van der Waals surface area contributed by atoms with Crippen LogP contribution in [-0.2, 0) is 9.53 Å². The summed E-state index contributed by atoms with van der Waals surface area (Å²) < 4.78 is 21.0. The number of hydrogen-bond acceptors (Lipinski definition) is 12. The number of hydrogen-bond donors (Lipinski definition) is 7. The Kier molecular flexibility index (Phi) is 6.17. The molecule has 13 nitrogen and oxygen atoms in total. The van der Waals surface area contributed by atoms with Crippen molar-refractivity contribution in [1.82, 2.24) is 0 Å². The molecule has 0 bridgehead atoms. The van der Waals surface area contributed by atoms with Gasteiger partial charge in [0.25, 0.3) is 0 Å². The molecule has 2 aromatic carbocycles. The lowest BCUT2D eigenvalue weighted by atomic mass is 9.99. The molecule has 0 saturated carbocycles. The number of aliphatic carboxylic acids is 1. The molecule has 1 aliphatic rings. The van der Waals surface area contributed by atoms with Gasteiger partial charge in [-0.1, -0.05) is 0 Å². The molecule has 35 heavy (non-hydrogen) atoms. The normalized spacial score (nSPS) is 24.3. The highest BCUT2D eigenvalue weighted by Gasteiger charge is 2.48. The standard InChI is InChI=1S/C22H20O13/c1-32-11-4-7(2-3-9(11)23)19-16(27)14(25)13-10(24)5-8(6-12(13)34-19)33-22-18(29)15(26)17(28)20(35-22)21(30)31/h2-6,15,17-18,20,22-24,26-29H,1H3,(H,30,31). The number of benzene rings is 2. The number of aromatic hydroxyl groups is 3. The first-order valence-electron chi connectivity index (χ1n) is 10.0. The second-order valence-corrected chi connectivity index (χ2v) is 7.66. The van der Waals surface area contributed by atoms with Gasteiger partial charge in [-0.3, -0.25) is 4.79 Å². The van der Waals surface area contributed by atoms with Crippen molar-refractivity contribution in [1.29, 1.82) is 0 Å². The van der Waals surface area contributed by atoms with Gasteiger partial charge in [-0.15, -0.1) is 0 Å². The van der Waals surface area contributed by atoms with E-state index in [0.717, 1.165) is 12.1 Å². The summed E-state index contributed by atoms with van der Waals surface area (Å²) >= 11 is 0. The topological polar surface area (TPSA) is 217 Å². The summed E-state index contributed by atoms with van der Waals surface area (Å²) in [6.45, 7) is 0. The number of rotatable bonds is 5. The zero-order chi connectivity index (χ0) is 25.6. The van der Waals surface area contributed by atoms with E-state index in [4.69, 9.17) is 23.7 Å². The summed E-state index contributed by atoms with van der Waals surface area (Å²) in [6.07, 6.45) is -9.42. The molecule has 1 aromatic heterocycles. The quantitative estimate of drug-likeness (QED) is 0.247. The third-order valence-electron chi connectivity index (χ3n) is 5.43. The zero-order valence-corrected chi connectivity index (χ0v) is 17.9. The Morgan fingerprint density at radius 1 is 0.971 bits per heavy atom. The molecule has 0 radical (unpaired) electrons. The van der Waals surface area contributed by atoms with E-state index in [2.05, 4.69) is 0 Å². The van der Waals surface area contributed by atoms with E-state index in [0.29, 0.717) is 0 Å². The van der Waals surface area contributed by atoms with Crippen LogP contribution in [0.15, 0.2) is 39.5 Å². The highest BCUT2D eigenvalue weighted by Crippen LogP contribution is 2.38. The van der Waals surface area contributed by atoms with Crippen LogP contribution in [0.3, 0.4) is 0 Å². The van der Waals surface area contributed by atoms with E-state index in [1.54, 1.807) is 0 Å². The van der Waals surface area contributed by atoms with Gasteiger partial charge in [0.1, 0.15) is 40.8 Å². The van der Waals surface area contributed by atoms with Crippen LogP contribution in [-0.4, -0.2) is 79.5 Å². The molecule has 5 unspecified atom stereocenters. The first-order chi connectivity index (χ1) is 16.5. The van der Waals surface area contributed by atoms with Crippen molar-refractivity contribution in [3.05, 3.63) is 40.6 Å². The van der Waals surface area contributed by atoms with E-state index in [1.807, 2.05) is 0 Å². The Morgan fingerprint density at radius 3 is 2.34 bits per heavy atom. The monoisotopic (exact) mass is 492 g/mol. The number of aliphatic hydroxyl groups is 3. The van der Waals surface area contributed by atoms with Crippen LogP contribution < -0.4 is 14.9 Å². The third-order valence-corrected chi connectivity index (χ3v) is 5.43. The van der Waals surface area contributed by atoms with Crippen molar-refractivity contribution in [3.8, 4) is 40.1 Å². The second kappa shape index (κ2) is 8.96. The molecule has 0 amide bonds. The summed E-state index contributed by atoms with van der Waals surface area (Å²) in [5.41, 5.74) is -1.12. The van der Waals surface area contributed by atoms with Gasteiger partial charge in [-0.25, -0.2) is 4.79 Å². The van der Waals surface area contributed by atoms with Gasteiger partial charge in [-0.05, 0) is 18.2 Å². The van der Waals surface area contributed by atoms with Crippen LogP contribution in [0.2, 0.25) is 0 Å². The molecular formula is C22H20O13. The van der Waals surface area contributed by atoms with E-state index in [1.165, 1.54) is 25.3 Å². The Labute approximate surface area is 195 Å². The van der Waals surface area contributed by atoms with Crippen molar-refractivity contribution in [3.63, 3.8) is 0 Å². The number of carbonyl (C=O) groups is 1. The van der Waals surface area contributed by atoms with Gasteiger partial charge in [0.05, 0.1) is 7.11 Å². The fraction of sp³-hybridized carbons (Fsp3) is 0.273. The molecule has 1 fully saturated rings. The lowest BCUT2D eigenvalue weighted by Gasteiger charge is -2.38. The molecule has 186 valence electrons. The third kappa shape index (κ3) is 4.17. The van der Waals surface area contributed by atoms with Crippen molar-refractivity contribution in [2.75, 3.05) is 7.11 Å². The first-order valence-corrected chi connectivity index (χ1v) is 10.0. The van der Waals surface area contributed by atoms with Gasteiger partial charge in [-0.2, -0.15) is 0 Å². The smallest absolute Gasteiger partial charge is 0.335 e. The van der Waals surface area contributed by atoms with E-state index >= 15 is 0 Å². The predicted octanol–water partition coefficient (Wildman–Crippen LogP) is -0.144. The molecule has 0 aliphatic carbocycles. The van der Waals surface area contributed by atoms with Crippen LogP contribution in [0.4, 0.5) is 0 Å². The maximum absolute atomic E-state index is 12.7. The van der Waals surface area contributed by atoms with Gasteiger partial charge in [0.2, 0.25) is 17.5 Å². The molecule has 5 atom stereocenters. The average molecular weight is 492 g/mol. The van der Waals surface area contributed by atoms with E-state index in [9.17, 15) is 40.2 Å². The first kappa shape index (κ1) is 24.1. The minimum atomic E-state index is -1.93. The molecule has 1 aliphatic heterocycles. The summed E-state index contributed by atoms with van der Waals surface area (Å²) in [4.78, 5) is 24.0. The van der Waals surface area contributed by atoms with Gasteiger partial charge >= 0.3 is 5.97 Å². The van der Waals surface area contributed by atoms with Gasteiger partial charge in [0, 0.05) is 17.7 Å². The van der Waals surface area contributed by atoms with Crippen molar-refractivity contribution >= 4 is 16.9 Å². The Balaban J connectivity index is 1.77. The Hall–Kier alpha value is -4.04. The summed E-state index contributed by atoms with van der Waals surface area (Å²) in [6, 6.07) is 5.90. The van der Waals surface area contributed by atoms with Crippen molar-refractivity contribution in [2.24, 2.45) is 0 Å². The number of carboxylic acids is 1. The minimum Gasteiger partial charge on any atom is -0.507 e. The van der Waals surface area contributed by atoms with Crippen molar-refractivity contribution < 1.29 is 59.2 Å². The van der Waals surface area contributed by atoms with E-state index in [-0.39, 0.29) is 34.2 Å². The average Bonchev–Trinajstić information content (AvgIpc) is 2.81. The van der Waals surface area contributed by atoms with Gasteiger partial charge in [0.15, 0.2) is 23.4 Å². The number of fused-ring (bicyclic) bond motifs is 1. The molecule has 13 heteroatoms. The van der Waals surface area contributed by atoms with E-state index < -0.39 is 59.0 Å². The minimum absolute atomic E-state index is 0.0294. The lowest BCUT2D eigenvalue weighted by molar-refractivity contribution is -0.271. The molecule has 1 saturated heterocycles. The molecular weight excluding hydrogens is 472 g/mol. The molecule has 4 rings (SSSR count). The SMILES string of the molecule is COc1cc(-c2oc3cc(OC4OC(C(=O)O)C(O)C(O)C4O)cc(O)c3c(=O)c2O)ccc1O. The van der Waals surface area contributed by atoms with Crippen molar-refractivity contribution in [2.45, 2.75) is 30.7 Å². The number of phenols is 2. The van der Waals surface area contributed by atoms with Crippen LogP contribution in [0, 0.1) is 0 Å². The van der Waals surface area contributed by atoms with Crippen LogP contribution >= 0.6 is 0 Å². The lowest BCUT2D eigenvalue weighted by Crippen LogP contribution is -2.61. The van der Waals surface area contributed by atoms with Crippen LogP contribution in [0.5, 0.6) is 28.7 Å². The molecule has 3 aromatic rings. The summed E-state index contributed by atoms with van der Waals surface area (Å²) in [5.74, 6) is -3.90. The Bertz CT molecular complexity index is 1350. The summed E-state index contributed by atoms with van der Waals surface area (Å²) in [5, 5.41) is 69.2. The van der Waals surface area contributed by atoms with Crippen LogP contribution in [0.25, 0.3) is 22.3 Å². The van der Waals surface area contributed by atoms with Crippen LogP contribution in [0.1, 0.15) is 0 Å². The number of methoxy groups -OCH3 is 1. The Morgan fingerprint density at radius 2 is 1.69 bits per heavy atom. The number of carboxylic acid groups (broad SMARTS) is 1. The fourth-order valence-corrected chi connectivity index (χ4v) is 3.63. The highest BCUT2D eigenvalue weighted by molar-refractivity contribution is 5.88. The highest BCUT2D eigenvalue weighted by atomic mass is 16.7. The van der Waals surface area contributed by atoms with Gasteiger partial charge < -0.3 is 54.4 Å². The number of aliphatic hydroxyl groups excluding tert-OH is 3. The molecule has 7 N–H and O–H groups in total.